The van der Waals surface area contributed by atoms with Crippen molar-refractivity contribution < 1.29 is 4.39 Å². The summed E-state index contributed by atoms with van der Waals surface area (Å²) in [5.41, 5.74) is 6.93. The lowest BCUT2D eigenvalue weighted by Gasteiger charge is -2.37. The molecule has 16 heavy (non-hydrogen) atoms. The smallest absolute Gasteiger partial charge is 0.124 e. The van der Waals surface area contributed by atoms with Crippen LogP contribution in [0, 0.1) is 5.82 Å². The van der Waals surface area contributed by atoms with Crippen molar-refractivity contribution in [3.63, 3.8) is 0 Å². The molecule has 0 spiro atoms. The number of halogens is 2. The zero-order valence-corrected chi connectivity index (χ0v) is 10.1. The third-order valence-corrected chi connectivity index (χ3v) is 4.02. The average Bonchev–Trinajstić information content (AvgIpc) is 2.30. The lowest BCUT2D eigenvalue weighted by atomic mass is 9.69. The van der Waals surface area contributed by atoms with Crippen LogP contribution in [-0.2, 0) is 5.41 Å². The largest absolute Gasteiger partial charge is 0.330 e. The van der Waals surface area contributed by atoms with Crippen LogP contribution in [0.2, 0.25) is 5.02 Å². The van der Waals surface area contributed by atoms with Gasteiger partial charge in [-0.1, -0.05) is 36.9 Å². The molecule has 1 saturated carbocycles. The molecule has 2 rings (SSSR count). The van der Waals surface area contributed by atoms with E-state index in [1.165, 1.54) is 31.4 Å². The van der Waals surface area contributed by atoms with E-state index < -0.39 is 0 Å². The Hall–Kier alpha value is -0.600. The maximum atomic E-state index is 13.0. The van der Waals surface area contributed by atoms with E-state index in [0.717, 1.165) is 18.4 Å². The second kappa shape index (κ2) is 4.72. The van der Waals surface area contributed by atoms with Gasteiger partial charge in [-0.3, -0.25) is 0 Å². The predicted octanol–water partition coefficient (Wildman–Crippen LogP) is 3.64. The minimum absolute atomic E-state index is 0.0248. The van der Waals surface area contributed by atoms with Gasteiger partial charge < -0.3 is 5.73 Å². The Kier molecular flexibility index (Phi) is 3.50. The fourth-order valence-electron chi connectivity index (χ4n) is 2.73. The summed E-state index contributed by atoms with van der Waals surface area (Å²) in [7, 11) is 0. The third-order valence-electron chi connectivity index (χ3n) is 3.70. The molecule has 3 heteroatoms. The van der Waals surface area contributed by atoms with Crippen molar-refractivity contribution in [2.75, 3.05) is 6.54 Å². The van der Waals surface area contributed by atoms with Crippen LogP contribution >= 0.6 is 11.6 Å². The van der Waals surface area contributed by atoms with Crippen LogP contribution in [0.5, 0.6) is 0 Å². The monoisotopic (exact) mass is 241 g/mol. The van der Waals surface area contributed by atoms with Crippen molar-refractivity contribution in [2.45, 2.75) is 37.5 Å². The van der Waals surface area contributed by atoms with Crippen molar-refractivity contribution in [1.29, 1.82) is 0 Å². The lowest BCUT2D eigenvalue weighted by Crippen LogP contribution is -2.37. The van der Waals surface area contributed by atoms with Crippen molar-refractivity contribution >= 4 is 11.6 Å². The molecule has 88 valence electrons. The molecule has 0 aromatic heterocycles. The Morgan fingerprint density at radius 1 is 1.25 bits per heavy atom. The van der Waals surface area contributed by atoms with Gasteiger partial charge in [0.15, 0.2) is 0 Å². The van der Waals surface area contributed by atoms with Gasteiger partial charge in [0.05, 0.1) is 0 Å². The van der Waals surface area contributed by atoms with Crippen molar-refractivity contribution in [3.05, 3.63) is 34.6 Å². The molecule has 1 aliphatic carbocycles. The van der Waals surface area contributed by atoms with Gasteiger partial charge in [-0.2, -0.15) is 0 Å². The number of hydrogen-bond acceptors (Lipinski definition) is 1. The number of benzene rings is 1. The molecule has 0 atom stereocenters. The van der Waals surface area contributed by atoms with E-state index in [4.69, 9.17) is 17.3 Å². The highest BCUT2D eigenvalue weighted by Crippen LogP contribution is 2.41. The predicted molar refractivity (Wildman–Crippen MR) is 65.2 cm³/mol. The van der Waals surface area contributed by atoms with E-state index in [1.807, 2.05) is 0 Å². The van der Waals surface area contributed by atoms with Crippen LogP contribution in [0.1, 0.15) is 37.7 Å². The molecule has 0 radical (unpaired) electrons. The molecule has 0 aliphatic heterocycles. The lowest BCUT2D eigenvalue weighted by molar-refractivity contribution is 0.300. The molecule has 1 aromatic carbocycles. The standard InChI is InChI=1S/C13H17ClFN/c14-12-8-10(15)4-5-11(12)13(9-16)6-2-1-3-7-13/h4-5,8H,1-3,6-7,9,16H2. The van der Waals surface area contributed by atoms with Crippen LogP contribution in [0.25, 0.3) is 0 Å². The van der Waals surface area contributed by atoms with Gasteiger partial charge in [0.2, 0.25) is 0 Å². The Bertz CT molecular complexity index is 372. The Morgan fingerprint density at radius 2 is 1.94 bits per heavy atom. The first kappa shape index (κ1) is 11.9. The zero-order valence-electron chi connectivity index (χ0n) is 9.31. The summed E-state index contributed by atoms with van der Waals surface area (Å²) in [5, 5.41) is 0.521. The molecule has 0 saturated heterocycles. The van der Waals surface area contributed by atoms with E-state index in [-0.39, 0.29) is 11.2 Å². The third kappa shape index (κ3) is 2.09. The van der Waals surface area contributed by atoms with Crippen LogP contribution in [0.15, 0.2) is 18.2 Å². The number of hydrogen-bond donors (Lipinski definition) is 1. The van der Waals surface area contributed by atoms with Crippen LogP contribution in [-0.4, -0.2) is 6.54 Å². The summed E-state index contributed by atoms with van der Waals surface area (Å²) < 4.78 is 13.0. The number of rotatable bonds is 2. The van der Waals surface area contributed by atoms with E-state index >= 15 is 0 Å². The van der Waals surface area contributed by atoms with Crippen LogP contribution in [0.3, 0.4) is 0 Å². The molecule has 1 fully saturated rings. The van der Waals surface area contributed by atoms with Crippen molar-refractivity contribution in [1.82, 2.24) is 0 Å². The van der Waals surface area contributed by atoms with Gasteiger partial charge in [0.1, 0.15) is 5.82 Å². The summed E-state index contributed by atoms with van der Waals surface area (Å²) in [4.78, 5) is 0. The molecule has 1 nitrogen and oxygen atoms in total. The van der Waals surface area contributed by atoms with Gasteiger partial charge >= 0.3 is 0 Å². The SMILES string of the molecule is NCC1(c2ccc(F)cc2Cl)CCCCC1. The molecule has 0 heterocycles. The van der Waals surface area contributed by atoms with Gasteiger partial charge in [-0.15, -0.1) is 0 Å². The average molecular weight is 242 g/mol. The highest BCUT2D eigenvalue weighted by Gasteiger charge is 2.34. The van der Waals surface area contributed by atoms with E-state index in [2.05, 4.69) is 0 Å². The first-order chi connectivity index (χ1) is 7.68. The highest BCUT2D eigenvalue weighted by molar-refractivity contribution is 6.31. The quantitative estimate of drug-likeness (QED) is 0.841. The summed E-state index contributed by atoms with van der Waals surface area (Å²) in [6, 6.07) is 4.67. The van der Waals surface area contributed by atoms with Crippen molar-refractivity contribution in [3.8, 4) is 0 Å². The molecular formula is C13H17ClFN. The maximum Gasteiger partial charge on any atom is 0.124 e. The minimum atomic E-state index is -0.281. The van der Waals surface area contributed by atoms with Crippen LogP contribution in [0.4, 0.5) is 4.39 Å². The maximum absolute atomic E-state index is 13.0. The van der Waals surface area contributed by atoms with E-state index in [1.54, 1.807) is 6.07 Å². The normalized spacial score (nSPS) is 19.7. The summed E-state index contributed by atoms with van der Waals surface area (Å²) in [6.07, 6.45) is 5.76. The molecule has 1 aliphatic rings. The van der Waals surface area contributed by atoms with Gasteiger partial charge in [-0.05, 0) is 30.5 Å². The van der Waals surface area contributed by atoms with Gasteiger partial charge in [-0.25, -0.2) is 4.39 Å². The molecule has 2 N–H and O–H groups in total. The van der Waals surface area contributed by atoms with Crippen molar-refractivity contribution in [2.24, 2.45) is 5.73 Å². The molecular weight excluding hydrogens is 225 g/mol. The summed E-state index contributed by atoms with van der Waals surface area (Å²) in [5.74, 6) is -0.281. The Balaban J connectivity index is 2.39. The minimum Gasteiger partial charge on any atom is -0.330 e. The fourth-order valence-corrected chi connectivity index (χ4v) is 3.10. The second-order valence-corrected chi connectivity index (χ2v) is 5.08. The number of nitrogens with two attached hydrogens (primary N) is 1. The first-order valence-corrected chi connectivity index (χ1v) is 6.21. The first-order valence-electron chi connectivity index (χ1n) is 5.83. The van der Waals surface area contributed by atoms with Crippen LogP contribution < -0.4 is 5.73 Å². The molecule has 0 unspecified atom stereocenters. The van der Waals surface area contributed by atoms with E-state index in [0.29, 0.717) is 11.6 Å². The Labute approximate surface area is 101 Å². The van der Waals surface area contributed by atoms with Gasteiger partial charge in [0, 0.05) is 17.0 Å². The highest BCUT2D eigenvalue weighted by atomic mass is 35.5. The second-order valence-electron chi connectivity index (χ2n) is 4.67. The topological polar surface area (TPSA) is 26.0 Å². The molecule has 0 amide bonds. The van der Waals surface area contributed by atoms with Gasteiger partial charge in [0.25, 0.3) is 0 Å². The summed E-state index contributed by atoms with van der Waals surface area (Å²) in [6.45, 7) is 0.596. The Morgan fingerprint density at radius 3 is 2.50 bits per heavy atom. The molecule has 1 aromatic rings. The molecule has 0 bridgehead atoms. The fraction of sp³-hybridized carbons (Fsp3) is 0.538. The summed E-state index contributed by atoms with van der Waals surface area (Å²) >= 11 is 6.14. The zero-order chi connectivity index (χ0) is 11.6. The van der Waals surface area contributed by atoms with E-state index in [9.17, 15) is 4.39 Å².